The van der Waals surface area contributed by atoms with Crippen LogP contribution >= 0.6 is 0 Å². The first kappa shape index (κ1) is 33.2. The van der Waals surface area contributed by atoms with Gasteiger partial charge in [-0.3, -0.25) is 4.79 Å². The topological polar surface area (TPSA) is 91.3 Å². The van der Waals surface area contributed by atoms with Crippen molar-refractivity contribution in [2.45, 2.75) is 78.6 Å². The van der Waals surface area contributed by atoms with Gasteiger partial charge < -0.3 is 28.8 Å². The maximum Gasteiger partial charge on any atom is 0.317 e. The zero-order valence-electron chi connectivity index (χ0n) is 27.5. The van der Waals surface area contributed by atoms with Gasteiger partial charge >= 0.3 is 5.97 Å². The van der Waals surface area contributed by atoms with Crippen LogP contribution in [0.1, 0.15) is 70.4 Å². The molecule has 2 fully saturated rings. The predicted octanol–water partition coefficient (Wildman–Crippen LogP) is 6.94. The van der Waals surface area contributed by atoms with Crippen LogP contribution in [0.2, 0.25) is 0 Å². The van der Waals surface area contributed by atoms with Crippen LogP contribution in [0.4, 0.5) is 0 Å². The van der Waals surface area contributed by atoms with Crippen LogP contribution in [-0.2, 0) is 32.3 Å². The van der Waals surface area contributed by atoms with Crippen LogP contribution in [-0.4, -0.2) is 44.3 Å². The van der Waals surface area contributed by atoms with Crippen molar-refractivity contribution in [1.82, 2.24) is 0 Å². The summed E-state index contributed by atoms with van der Waals surface area (Å²) in [6.07, 6.45) is 7.32. The number of benzene rings is 2. The van der Waals surface area contributed by atoms with Gasteiger partial charge in [0.15, 0.2) is 0 Å². The molecule has 3 aliphatic rings. The second-order valence-corrected chi connectivity index (χ2v) is 13.8. The highest BCUT2D eigenvalue weighted by Gasteiger charge is 2.72. The van der Waals surface area contributed by atoms with Gasteiger partial charge in [0.2, 0.25) is 0 Å². The summed E-state index contributed by atoms with van der Waals surface area (Å²) in [6.45, 7) is 7.65. The highest BCUT2D eigenvalue weighted by atomic mass is 16.5. The van der Waals surface area contributed by atoms with E-state index in [0.29, 0.717) is 32.5 Å². The Balaban J connectivity index is 1.30. The van der Waals surface area contributed by atoms with Crippen LogP contribution in [0.25, 0.3) is 0 Å². The summed E-state index contributed by atoms with van der Waals surface area (Å²) in [5, 5.41) is 11.2. The Kier molecular flexibility index (Phi) is 10.4. The molecule has 45 heavy (non-hydrogen) atoms. The largest absolute Gasteiger partial charge is 0.497 e. The Bertz CT molecular complexity index is 1330. The maximum absolute atomic E-state index is 14.4. The summed E-state index contributed by atoms with van der Waals surface area (Å²) in [5.41, 5.74) is 1.10. The zero-order valence-corrected chi connectivity index (χ0v) is 27.5. The number of methoxy groups -OCH3 is 2. The molecule has 5 unspecified atom stereocenters. The van der Waals surface area contributed by atoms with E-state index in [0.717, 1.165) is 53.7 Å². The Hall–Kier alpha value is -3.16. The van der Waals surface area contributed by atoms with Crippen molar-refractivity contribution in [1.29, 1.82) is 0 Å². The maximum atomic E-state index is 14.4. The van der Waals surface area contributed by atoms with Crippen molar-refractivity contribution in [3.05, 3.63) is 71.3 Å². The summed E-state index contributed by atoms with van der Waals surface area (Å²) in [4.78, 5) is 27.9. The molecule has 3 aliphatic carbocycles. The van der Waals surface area contributed by atoms with Gasteiger partial charge in [0, 0.05) is 12.0 Å². The molecule has 2 saturated carbocycles. The molecule has 0 heterocycles. The van der Waals surface area contributed by atoms with E-state index in [1.54, 1.807) is 14.2 Å². The summed E-state index contributed by atoms with van der Waals surface area (Å²) >= 11 is 0. The number of hydrogen-bond donors (Lipinski definition) is 1. The molecule has 0 aliphatic heterocycles. The first-order chi connectivity index (χ1) is 21.7. The fraction of sp³-hybridized carbons (Fsp3) is 0.579. The Morgan fingerprint density at radius 3 is 2.16 bits per heavy atom. The van der Waals surface area contributed by atoms with Gasteiger partial charge in [-0.05, 0) is 97.1 Å². The minimum atomic E-state index is -1.01. The zero-order chi connectivity index (χ0) is 32.2. The molecule has 0 amide bonds. The van der Waals surface area contributed by atoms with Crippen molar-refractivity contribution < 1.29 is 33.6 Å². The Morgan fingerprint density at radius 1 is 0.956 bits per heavy atom. The highest BCUT2D eigenvalue weighted by molar-refractivity contribution is 5.89. The Labute approximate surface area is 268 Å². The fourth-order valence-corrected chi connectivity index (χ4v) is 8.79. The third-order valence-electron chi connectivity index (χ3n) is 11.0. The average Bonchev–Trinajstić information content (AvgIpc) is 3.71. The van der Waals surface area contributed by atoms with Crippen LogP contribution in [0.15, 0.2) is 60.2 Å². The van der Waals surface area contributed by atoms with Crippen molar-refractivity contribution in [3.63, 3.8) is 0 Å². The van der Waals surface area contributed by atoms with Gasteiger partial charge in [-0.1, -0.05) is 63.1 Å². The van der Waals surface area contributed by atoms with Crippen molar-refractivity contribution in [2.75, 3.05) is 20.8 Å². The number of allylic oxidation sites excluding steroid dienone is 1. The second-order valence-electron chi connectivity index (χ2n) is 13.8. The van der Waals surface area contributed by atoms with Gasteiger partial charge in [-0.15, -0.1) is 0 Å². The van der Waals surface area contributed by atoms with E-state index >= 15 is 0 Å². The number of aliphatic hydroxyl groups is 1. The lowest BCUT2D eigenvalue weighted by atomic mass is 9.52. The number of aliphatic hydroxyl groups excluding tert-OH is 1. The van der Waals surface area contributed by atoms with Crippen molar-refractivity contribution in [3.8, 4) is 11.5 Å². The number of carbonyl (C=O) groups excluding carboxylic acids is 2. The van der Waals surface area contributed by atoms with E-state index in [9.17, 15) is 14.7 Å². The molecule has 7 atom stereocenters. The van der Waals surface area contributed by atoms with Crippen LogP contribution in [0.5, 0.6) is 11.5 Å². The van der Waals surface area contributed by atoms with Gasteiger partial charge in [0.25, 0.3) is 0 Å². The fourth-order valence-electron chi connectivity index (χ4n) is 8.79. The first-order valence-electron chi connectivity index (χ1n) is 16.6. The monoisotopic (exact) mass is 618 g/mol. The molecule has 5 rings (SSSR count). The molecular formula is C38H50O7. The van der Waals surface area contributed by atoms with E-state index in [1.165, 1.54) is 0 Å². The number of unbranched alkanes of at least 4 members (excludes halogenated alkanes) is 1. The van der Waals surface area contributed by atoms with Crippen LogP contribution in [0, 0.1) is 40.4 Å². The number of ether oxygens (including phenoxy) is 4. The number of hydrogen-bond acceptors (Lipinski definition) is 7. The van der Waals surface area contributed by atoms with E-state index in [-0.39, 0.29) is 42.2 Å². The summed E-state index contributed by atoms with van der Waals surface area (Å²) in [6, 6.07) is 15.4. The summed E-state index contributed by atoms with van der Waals surface area (Å²) in [7, 11) is 3.28. The third-order valence-corrected chi connectivity index (χ3v) is 11.0. The van der Waals surface area contributed by atoms with E-state index < -0.39 is 16.9 Å². The molecule has 0 spiro atoms. The molecule has 244 valence electrons. The number of rotatable bonds is 15. The highest BCUT2D eigenvalue weighted by Crippen LogP contribution is 2.71. The normalized spacial score (nSPS) is 30.4. The number of esters is 1. The predicted molar refractivity (Wildman–Crippen MR) is 173 cm³/mol. The quantitative estimate of drug-likeness (QED) is 0.100. The van der Waals surface area contributed by atoms with Crippen LogP contribution in [0.3, 0.4) is 0 Å². The van der Waals surface area contributed by atoms with Crippen LogP contribution < -0.4 is 9.47 Å². The Morgan fingerprint density at radius 2 is 1.58 bits per heavy atom. The van der Waals surface area contributed by atoms with Gasteiger partial charge in [-0.25, -0.2) is 0 Å². The van der Waals surface area contributed by atoms with Crippen molar-refractivity contribution in [2.24, 2.45) is 40.4 Å². The molecule has 0 aromatic heterocycles. The number of carbonyl (C=O) groups is 2. The molecule has 1 N–H and O–H groups in total. The summed E-state index contributed by atoms with van der Waals surface area (Å²) < 4.78 is 22.6. The lowest BCUT2D eigenvalue weighted by molar-refractivity contribution is -0.167. The third kappa shape index (κ3) is 6.31. The van der Waals surface area contributed by atoms with E-state index in [4.69, 9.17) is 18.9 Å². The average molecular weight is 619 g/mol. The van der Waals surface area contributed by atoms with Gasteiger partial charge in [0.05, 0.1) is 26.9 Å². The van der Waals surface area contributed by atoms with Gasteiger partial charge in [0.1, 0.15) is 29.8 Å². The van der Waals surface area contributed by atoms with E-state index in [2.05, 4.69) is 26.8 Å². The minimum absolute atomic E-state index is 0.0463. The number of fused-ring (bicyclic) bond motifs is 2. The van der Waals surface area contributed by atoms with E-state index in [1.807, 2.05) is 48.5 Å². The molecule has 0 radical (unpaired) electrons. The molecular weight excluding hydrogens is 568 g/mol. The molecule has 2 aromatic rings. The van der Waals surface area contributed by atoms with Crippen molar-refractivity contribution >= 4 is 12.3 Å². The molecule has 0 saturated heterocycles. The molecule has 7 nitrogen and oxygen atoms in total. The smallest absolute Gasteiger partial charge is 0.317 e. The van der Waals surface area contributed by atoms with Gasteiger partial charge in [-0.2, -0.15) is 0 Å². The SMILES string of the molecule is COc1ccc(COCCCCC2C(C)C(O)CC2[C@@]2(C=O)CC3C=C(C(C)C)[C@@]2(C(=O)OCc2ccc(OC)cc2)C3)cc1. The molecule has 2 bridgehead atoms. The lowest BCUT2D eigenvalue weighted by Crippen LogP contribution is -2.53. The first-order valence-corrected chi connectivity index (χ1v) is 16.6. The minimum Gasteiger partial charge on any atom is -0.497 e. The number of aldehydes is 1. The second kappa shape index (κ2) is 14.1. The standard InChI is InChI=1S/C38H50O7/c1-25(2)33-18-29-20-37(24-39,38(33,21-29)36(41)45-23-28-11-15-31(43-5)16-12-28)34-19-35(40)26(3)32(34)8-6-7-17-44-22-27-9-13-30(42-4)14-10-27/h9-16,18,24-26,29,32,34-35,40H,6-8,17,19-23H2,1-5H3/t26?,29?,32?,34?,35?,37-,38+/m0/s1. The lowest BCUT2D eigenvalue weighted by Gasteiger charge is -2.49. The summed E-state index contributed by atoms with van der Waals surface area (Å²) in [5.74, 6) is 1.61. The molecule has 2 aromatic carbocycles. The molecule has 7 heteroatoms.